The summed E-state index contributed by atoms with van der Waals surface area (Å²) < 4.78 is 0. The van der Waals surface area contributed by atoms with Gasteiger partial charge in [0, 0.05) is 24.0 Å². The standard InChI is InChI=1S/C15H23N3O4S/c19-12(18-7-3-4-10(18)14(20)21)6-2-1-5-11-13-9(8-23-11)16-15(22)17-13/h9-11,13H,1-8H2,(H,20,21)(H2,16,17,22)/t9-,10+,11-,13-/m0/s1. The topological polar surface area (TPSA) is 98.7 Å². The summed E-state index contributed by atoms with van der Waals surface area (Å²) in [7, 11) is 0. The van der Waals surface area contributed by atoms with E-state index in [0.717, 1.165) is 31.4 Å². The van der Waals surface area contributed by atoms with Gasteiger partial charge in [0.1, 0.15) is 6.04 Å². The number of nitrogens with one attached hydrogen (secondary N) is 2. The molecule has 0 bridgehead atoms. The van der Waals surface area contributed by atoms with Crippen molar-refractivity contribution in [2.45, 2.75) is 61.9 Å². The van der Waals surface area contributed by atoms with Crippen molar-refractivity contribution in [3.05, 3.63) is 0 Å². The van der Waals surface area contributed by atoms with E-state index < -0.39 is 12.0 Å². The molecule has 0 aromatic rings. The fourth-order valence-electron chi connectivity index (χ4n) is 3.73. The maximum atomic E-state index is 12.2. The molecular formula is C15H23N3O4S. The molecule has 3 aliphatic rings. The zero-order valence-electron chi connectivity index (χ0n) is 13.0. The first-order chi connectivity index (χ1) is 11.1. The molecule has 7 nitrogen and oxygen atoms in total. The normalized spacial score (nSPS) is 32.5. The molecule has 4 atom stereocenters. The third-order valence-corrected chi connectivity index (χ3v) is 6.43. The van der Waals surface area contributed by atoms with Gasteiger partial charge in [0.2, 0.25) is 5.91 Å². The Kier molecular flexibility index (Phi) is 4.99. The molecule has 3 N–H and O–H groups in total. The van der Waals surface area contributed by atoms with E-state index >= 15 is 0 Å². The number of hydrogen-bond donors (Lipinski definition) is 3. The van der Waals surface area contributed by atoms with Gasteiger partial charge in [-0.2, -0.15) is 11.8 Å². The highest BCUT2D eigenvalue weighted by atomic mass is 32.2. The number of nitrogens with zero attached hydrogens (tertiary/aromatic N) is 1. The molecule has 3 rings (SSSR count). The third kappa shape index (κ3) is 3.57. The van der Waals surface area contributed by atoms with E-state index in [4.69, 9.17) is 5.11 Å². The monoisotopic (exact) mass is 341 g/mol. The fraction of sp³-hybridized carbons (Fsp3) is 0.800. The van der Waals surface area contributed by atoms with Crippen LogP contribution in [-0.4, -0.2) is 63.6 Å². The van der Waals surface area contributed by atoms with Crippen LogP contribution < -0.4 is 10.6 Å². The molecule has 0 radical (unpaired) electrons. The van der Waals surface area contributed by atoms with Crippen LogP contribution in [0.2, 0.25) is 0 Å². The number of hydrogen-bond acceptors (Lipinski definition) is 4. The van der Waals surface area contributed by atoms with Crippen molar-refractivity contribution in [1.82, 2.24) is 15.5 Å². The van der Waals surface area contributed by atoms with Gasteiger partial charge in [0.15, 0.2) is 0 Å². The number of fused-ring (bicyclic) bond motifs is 1. The van der Waals surface area contributed by atoms with Gasteiger partial charge in [0.05, 0.1) is 12.1 Å². The molecule has 0 aliphatic carbocycles. The number of unbranched alkanes of at least 4 members (excludes halogenated alkanes) is 1. The lowest BCUT2D eigenvalue weighted by atomic mass is 10.0. The van der Waals surface area contributed by atoms with Crippen molar-refractivity contribution in [1.29, 1.82) is 0 Å². The number of thioether (sulfide) groups is 1. The van der Waals surface area contributed by atoms with Crippen molar-refractivity contribution < 1.29 is 19.5 Å². The highest BCUT2D eigenvalue weighted by Crippen LogP contribution is 2.33. The van der Waals surface area contributed by atoms with Crippen LogP contribution in [0.4, 0.5) is 4.79 Å². The number of carbonyl (C=O) groups excluding carboxylic acids is 2. The van der Waals surface area contributed by atoms with Crippen LogP contribution in [0.15, 0.2) is 0 Å². The molecule has 23 heavy (non-hydrogen) atoms. The van der Waals surface area contributed by atoms with Crippen molar-refractivity contribution in [3.63, 3.8) is 0 Å². The Morgan fingerprint density at radius 2 is 2.13 bits per heavy atom. The Morgan fingerprint density at radius 3 is 2.91 bits per heavy atom. The van der Waals surface area contributed by atoms with Crippen LogP contribution in [0.1, 0.15) is 38.5 Å². The molecule has 3 saturated heterocycles. The summed E-state index contributed by atoms with van der Waals surface area (Å²) in [6.07, 6.45) is 4.43. The SMILES string of the molecule is O=C1N[C@H]2[C@H](CS[C@H]2CCCCC(=O)N2CCC[C@@H]2C(=O)O)N1. The Hall–Kier alpha value is -1.44. The first-order valence-corrected chi connectivity index (χ1v) is 9.32. The highest BCUT2D eigenvalue weighted by Gasteiger charge is 2.42. The van der Waals surface area contributed by atoms with Crippen LogP contribution >= 0.6 is 11.8 Å². The van der Waals surface area contributed by atoms with Crippen molar-refractivity contribution >= 4 is 29.7 Å². The van der Waals surface area contributed by atoms with Gasteiger partial charge >= 0.3 is 12.0 Å². The number of carbonyl (C=O) groups is 3. The lowest BCUT2D eigenvalue weighted by Crippen LogP contribution is -2.40. The largest absolute Gasteiger partial charge is 0.480 e. The summed E-state index contributed by atoms with van der Waals surface area (Å²) in [4.78, 5) is 36.1. The molecule has 0 aromatic carbocycles. The Labute approximate surface area is 139 Å². The molecule has 0 saturated carbocycles. The average molecular weight is 341 g/mol. The third-order valence-electron chi connectivity index (χ3n) is 4.93. The quantitative estimate of drug-likeness (QED) is 0.490. The van der Waals surface area contributed by atoms with Crippen LogP contribution in [0, 0.1) is 0 Å². The predicted molar refractivity (Wildman–Crippen MR) is 86.3 cm³/mol. The number of carboxylic acids is 1. The molecule has 3 fully saturated rings. The van der Waals surface area contributed by atoms with Crippen molar-refractivity contribution in [2.75, 3.05) is 12.3 Å². The molecule has 3 heterocycles. The molecule has 3 aliphatic heterocycles. The van der Waals surface area contributed by atoms with E-state index in [1.165, 1.54) is 4.90 Å². The van der Waals surface area contributed by atoms with Crippen molar-refractivity contribution in [3.8, 4) is 0 Å². The van der Waals surface area contributed by atoms with E-state index in [0.29, 0.717) is 24.6 Å². The summed E-state index contributed by atoms with van der Waals surface area (Å²) in [5, 5.41) is 15.4. The second-order valence-corrected chi connectivity index (χ2v) is 7.72. The Bertz CT molecular complexity index is 501. The minimum atomic E-state index is -0.895. The van der Waals surface area contributed by atoms with E-state index in [2.05, 4.69) is 10.6 Å². The van der Waals surface area contributed by atoms with E-state index in [1.54, 1.807) is 0 Å². The van der Waals surface area contributed by atoms with Crippen LogP contribution in [0.25, 0.3) is 0 Å². The van der Waals surface area contributed by atoms with Crippen molar-refractivity contribution in [2.24, 2.45) is 0 Å². The second kappa shape index (κ2) is 6.98. The summed E-state index contributed by atoms with van der Waals surface area (Å²) in [6.45, 7) is 0.565. The molecular weight excluding hydrogens is 318 g/mol. The van der Waals surface area contributed by atoms with Crippen LogP contribution in [0.3, 0.4) is 0 Å². The Balaban J connectivity index is 1.38. The van der Waals surface area contributed by atoms with Gasteiger partial charge in [-0.1, -0.05) is 6.42 Å². The predicted octanol–water partition coefficient (Wildman–Crippen LogP) is 0.788. The van der Waals surface area contributed by atoms with Gasteiger partial charge in [-0.25, -0.2) is 9.59 Å². The number of urea groups is 1. The average Bonchev–Trinajstić information content (AvgIpc) is 3.19. The summed E-state index contributed by atoms with van der Waals surface area (Å²) in [6, 6.07) is -0.263. The number of amides is 3. The summed E-state index contributed by atoms with van der Waals surface area (Å²) in [5.41, 5.74) is 0. The lowest BCUT2D eigenvalue weighted by molar-refractivity contribution is -0.148. The number of likely N-dealkylation sites (tertiary alicyclic amines) is 1. The van der Waals surface area contributed by atoms with Crippen LogP contribution in [0.5, 0.6) is 0 Å². The zero-order chi connectivity index (χ0) is 16.4. The van der Waals surface area contributed by atoms with E-state index in [9.17, 15) is 14.4 Å². The molecule has 0 aromatic heterocycles. The maximum absolute atomic E-state index is 12.2. The zero-order valence-corrected chi connectivity index (χ0v) is 13.8. The minimum Gasteiger partial charge on any atom is -0.480 e. The highest BCUT2D eigenvalue weighted by molar-refractivity contribution is 8.00. The molecule has 0 unspecified atom stereocenters. The number of carboxylic acid groups (broad SMARTS) is 1. The maximum Gasteiger partial charge on any atom is 0.326 e. The van der Waals surface area contributed by atoms with Gasteiger partial charge in [-0.3, -0.25) is 4.79 Å². The number of aliphatic carboxylic acids is 1. The smallest absolute Gasteiger partial charge is 0.326 e. The lowest BCUT2D eigenvalue weighted by Gasteiger charge is -2.21. The molecule has 3 amide bonds. The second-order valence-electron chi connectivity index (χ2n) is 6.45. The fourth-order valence-corrected chi connectivity index (χ4v) is 5.27. The summed E-state index contributed by atoms with van der Waals surface area (Å²) >= 11 is 1.87. The Morgan fingerprint density at radius 1 is 1.30 bits per heavy atom. The summed E-state index contributed by atoms with van der Waals surface area (Å²) in [5.74, 6) is 0.0116. The van der Waals surface area contributed by atoms with Gasteiger partial charge < -0.3 is 20.6 Å². The minimum absolute atomic E-state index is 0.0392. The molecule has 0 spiro atoms. The van der Waals surface area contributed by atoms with Crippen LogP contribution in [-0.2, 0) is 9.59 Å². The first kappa shape index (κ1) is 16.4. The van der Waals surface area contributed by atoms with Gasteiger partial charge in [-0.05, 0) is 25.7 Å². The molecule has 128 valence electrons. The molecule has 8 heteroatoms. The van der Waals surface area contributed by atoms with Gasteiger partial charge in [0.25, 0.3) is 0 Å². The van der Waals surface area contributed by atoms with E-state index in [-0.39, 0.29) is 24.0 Å². The van der Waals surface area contributed by atoms with Gasteiger partial charge in [-0.15, -0.1) is 0 Å². The van der Waals surface area contributed by atoms with E-state index in [1.807, 2.05) is 11.8 Å². The first-order valence-electron chi connectivity index (χ1n) is 8.27. The number of rotatable bonds is 6.